The van der Waals surface area contributed by atoms with Crippen LogP contribution in [0, 0.1) is 0 Å². The third-order valence-electron chi connectivity index (χ3n) is 3.68. The van der Waals surface area contributed by atoms with Crippen molar-refractivity contribution < 1.29 is 4.74 Å². The third-order valence-corrected chi connectivity index (χ3v) is 3.68. The molecule has 0 heterocycles. The molecule has 0 saturated heterocycles. The van der Waals surface area contributed by atoms with Gasteiger partial charge in [0.15, 0.2) is 0 Å². The van der Waals surface area contributed by atoms with Crippen molar-refractivity contribution in [2.75, 3.05) is 6.61 Å². The second-order valence-electron chi connectivity index (χ2n) is 5.69. The van der Waals surface area contributed by atoms with E-state index < -0.39 is 0 Å². The molecule has 0 spiro atoms. The van der Waals surface area contributed by atoms with Crippen molar-refractivity contribution in [3.63, 3.8) is 0 Å². The molecule has 0 fully saturated rings. The molecule has 2 aromatic rings. The van der Waals surface area contributed by atoms with E-state index in [0.717, 1.165) is 29.9 Å². The summed E-state index contributed by atoms with van der Waals surface area (Å²) in [5, 5.41) is 0. The van der Waals surface area contributed by atoms with Crippen molar-refractivity contribution in [2.24, 2.45) is 5.73 Å². The molecule has 0 aromatic heterocycles. The summed E-state index contributed by atoms with van der Waals surface area (Å²) >= 11 is 0. The van der Waals surface area contributed by atoms with Crippen LogP contribution in [-0.4, -0.2) is 6.61 Å². The van der Waals surface area contributed by atoms with Gasteiger partial charge in [0.05, 0.1) is 12.6 Å². The average molecular weight is 283 g/mol. The Kier molecular flexibility index (Phi) is 5.40. The van der Waals surface area contributed by atoms with Crippen LogP contribution >= 0.6 is 0 Å². The molecule has 2 N–H and O–H groups in total. The zero-order valence-electron chi connectivity index (χ0n) is 13.2. The number of hydrogen-bond donors (Lipinski definition) is 1. The number of para-hydroxylation sites is 1. The van der Waals surface area contributed by atoms with Gasteiger partial charge in [0.25, 0.3) is 0 Å². The number of benzene rings is 2. The Morgan fingerprint density at radius 1 is 0.952 bits per heavy atom. The summed E-state index contributed by atoms with van der Waals surface area (Å²) in [6, 6.07) is 16.5. The fraction of sp³-hybridized carbons (Fsp3) is 0.368. The van der Waals surface area contributed by atoms with E-state index >= 15 is 0 Å². The maximum Gasteiger partial charge on any atom is 0.124 e. The maximum atomic E-state index is 6.44. The molecular weight excluding hydrogens is 258 g/mol. The van der Waals surface area contributed by atoms with Gasteiger partial charge in [-0.3, -0.25) is 0 Å². The van der Waals surface area contributed by atoms with Crippen molar-refractivity contribution in [2.45, 2.75) is 39.2 Å². The molecule has 0 aliphatic carbocycles. The molecule has 0 bridgehead atoms. The molecule has 0 amide bonds. The topological polar surface area (TPSA) is 35.2 Å². The van der Waals surface area contributed by atoms with Gasteiger partial charge in [-0.25, -0.2) is 0 Å². The van der Waals surface area contributed by atoms with Crippen LogP contribution in [0.5, 0.6) is 5.75 Å². The van der Waals surface area contributed by atoms with Gasteiger partial charge in [-0.2, -0.15) is 0 Å². The lowest BCUT2D eigenvalue weighted by atomic mass is 9.95. The SMILES string of the molecule is CCCOc1ccccc1C(N)c1ccc(C(C)C)cc1. The molecule has 2 rings (SSSR count). The summed E-state index contributed by atoms with van der Waals surface area (Å²) in [5.74, 6) is 1.43. The Balaban J connectivity index is 2.24. The van der Waals surface area contributed by atoms with E-state index in [1.807, 2.05) is 24.3 Å². The van der Waals surface area contributed by atoms with Crippen molar-refractivity contribution in [3.05, 3.63) is 65.2 Å². The Bertz CT molecular complexity index is 560. The van der Waals surface area contributed by atoms with Gasteiger partial charge < -0.3 is 10.5 Å². The minimum absolute atomic E-state index is 0.153. The molecule has 0 radical (unpaired) electrons. The molecule has 21 heavy (non-hydrogen) atoms. The van der Waals surface area contributed by atoms with Gasteiger partial charge >= 0.3 is 0 Å². The molecule has 1 atom stereocenters. The first-order valence-electron chi connectivity index (χ1n) is 7.70. The quantitative estimate of drug-likeness (QED) is 0.837. The van der Waals surface area contributed by atoms with Crippen molar-refractivity contribution in [1.82, 2.24) is 0 Å². The predicted molar refractivity (Wildman–Crippen MR) is 88.8 cm³/mol. The van der Waals surface area contributed by atoms with Crippen molar-refractivity contribution >= 4 is 0 Å². The highest BCUT2D eigenvalue weighted by atomic mass is 16.5. The highest BCUT2D eigenvalue weighted by Crippen LogP contribution is 2.29. The summed E-state index contributed by atoms with van der Waals surface area (Å²) in [7, 11) is 0. The van der Waals surface area contributed by atoms with Gasteiger partial charge in [-0.15, -0.1) is 0 Å². The number of hydrogen-bond acceptors (Lipinski definition) is 2. The molecular formula is C19H25NO. The van der Waals surface area contributed by atoms with Crippen LogP contribution in [0.4, 0.5) is 0 Å². The number of ether oxygens (including phenoxy) is 1. The Labute approximate surface area is 127 Å². The first-order chi connectivity index (χ1) is 10.1. The summed E-state index contributed by atoms with van der Waals surface area (Å²) < 4.78 is 5.81. The minimum Gasteiger partial charge on any atom is -0.493 e. The van der Waals surface area contributed by atoms with Crippen LogP contribution in [0.2, 0.25) is 0 Å². The molecule has 1 unspecified atom stereocenters. The second-order valence-corrected chi connectivity index (χ2v) is 5.69. The summed E-state index contributed by atoms with van der Waals surface area (Å²) in [4.78, 5) is 0. The van der Waals surface area contributed by atoms with Crippen LogP contribution < -0.4 is 10.5 Å². The Hall–Kier alpha value is -1.80. The van der Waals surface area contributed by atoms with Crippen molar-refractivity contribution in [1.29, 1.82) is 0 Å². The highest BCUT2D eigenvalue weighted by Gasteiger charge is 2.14. The second kappa shape index (κ2) is 7.28. The lowest BCUT2D eigenvalue weighted by Crippen LogP contribution is -2.13. The van der Waals surface area contributed by atoms with Gasteiger partial charge in [0.1, 0.15) is 5.75 Å². The van der Waals surface area contributed by atoms with Crippen LogP contribution in [0.1, 0.15) is 55.8 Å². The lowest BCUT2D eigenvalue weighted by Gasteiger charge is -2.18. The third kappa shape index (κ3) is 3.85. The van der Waals surface area contributed by atoms with E-state index in [-0.39, 0.29) is 6.04 Å². The van der Waals surface area contributed by atoms with Crippen LogP contribution in [0.25, 0.3) is 0 Å². The first-order valence-corrected chi connectivity index (χ1v) is 7.70. The van der Waals surface area contributed by atoms with Gasteiger partial charge in [0, 0.05) is 5.56 Å². The smallest absolute Gasteiger partial charge is 0.124 e. The predicted octanol–water partition coefficient (Wildman–Crippen LogP) is 4.65. The monoisotopic (exact) mass is 283 g/mol. The molecule has 0 saturated carbocycles. The van der Waals surface area contributed by atoms with E-state index in [2.05, 4.69) is 45.0 Å². The van der Waals surface area contributed by atoms with Crippen LogP contribution in [-0.2, 0) is 0 Å². The lowest BCUT2D eigenvalue weighted by molar-refractivity contribution is 0.313. The number of rotatable bonds is 6. The minimum atomic E-state index is -0.153. The highest BCUT2D eigenvalue weighted by molar-refractivity contribution is 5.42. The first kappa shape index (κ1) is 15.6. The van der Waals surface area contributed by atoms with E-state index in [9.17, 15) is 0 Å². The number of nitrogens with two attached hydrogens (primary N) is 1. The normalized spacial score (nSPS) is 12.4. The van der Waals surface area contributed by atoms with Gasteiger partial charge in [0.2, 0.25) is 0 Å². The zero-order valence-corrected chi connectivity index (χ0v) is 13.2. The molecule has 0 aliphatic heterocycles. The Morgan fingerprint density at radius 2 is 1.57 bits per heavy atom. The molecule has 2 nitrogen and oxygen atoms in total. The van der Waals surface area contributed by atoms with Crippen LogP contribution in [0.3, 0.4) is 0 Å². The van der Waals surface area contributed by atoms with E-state index in [1.165, 1.54) is 5.56 Å². The largest absolute Gasteiger partial charge is 0.493 e. The molecule has 2 heteroatoms. The molecule has 0 aliphatic rings. The van der Waals surface area contributed by atoms with Gasteiger partial charge in [-0.1, -0.05) is 63.2 Å². The van der Waals surface area contributed by atoms with Crippen LogP contribution in [0.15, 0.2) is 48.5 Å². The zero-order chi connectivity index (χ0) is 15.2. The van der Waals surface area contributed by atoms with E-state index in [1.54, 1.807) is 0 Å². The van der Waals surface area contributed by atoms with Crippen molar-refractivity contribution in [3.8, 4) is 5.75 Å². The van der Waals surface area contributed by atoms with E-state index in [4.69, 9.17) is 10.5 Å². The fourth-order valence-corrected chi connectivity index (χ4v) is 2.35. The maximum absolute atomic E-state index is 6.44. The van der Waals surface area contributed by atoms with E-state index in [0.29, 0.717) is 5.92 Å². The fourth-order valence-electron chi connectivity index (χ4n) is 2.35. The van der Waals surface area contributed by atoms with Gasteiger partial charge in [-0.05, 0) is 29.5 Å². The molecule has 112 valence electrons. The Morgan fingerprint density at radius 3 is 2.19 bits per heavy atom. The summed E-state index contributed by atoms with van der Waals surface area (Å²) in [5.41, 5.74) is 9.93. The summed E-state index contributed by atoms with van der Waals surface area (Å²) in [6.45, 7) is 7.22. The average Bonchev–Trinajstić information content (AvgIpc) is 2.52. The summed E-state index contributed by atoms with van der Waals surface area (Å²) in [6.07, 6.45) is 0.993. The standard InChI is InChI=1S/C19H25NO/c1-4-13-21-18-8-6-5-7-17(18)19(20)16-11-9-15(10-12-16)14(2)3/h5-12,14,19H,4,13,20H2,1-3H3. The molecule has 2 aromatic carbocycles.